The average molecular weight is 305 g/mol. The van der Waals surface area contributed by atoms with Crippen LogP contribution in [-0.2, 0) is 6.54 Å². The zero-order valence-electron chi connectivity index (χ0n) is 10.5. The van der Waals surface area contributed by atoms with Gasteiger partial charge in [0.2, 0.25) is 0 Å². The topological polar surface area (TPSA) is 29.3 Å². The van der Waals surface area contributed by atoms with Gasteiger partial charge in [-0.25, -0.2) is 0 Å². The second-order valence-corrected chi connectivity index (χ2v) is 7.72. The Labute approximate surface area is 111 Å². The molecule has 16 heavy (non-hydrogen) atoms. The molecule has 0 spiro atoms. The van der Waals surface area contributed by atoms with Crippen LogP contribution in [0.15, 0.2) is 15.2 Å². The van der Waals surface area contributed by atoms with Gasteiger partial charge in [0.25, 0.3) is 0 Å². The van der Waals surface area contributed by atoms with Crippen LogP contribution in [0.3, 0.4) is 0 Å². The molecule has 0 fully saturated rings. The molecular formula is C12H21BrN2S. The van der Waals surface area contributed by atoms with E-state index in [9.17, 15) is 0 Å². The third-order valence-electron chi connectivity index (χ3n) is 2.69. The van der Waals surface area contributed by atoms with Gasteiger partial charge in [0.1, 0.15) is 0 Å². The zero-order valence-corrected chi connectivity index (χ0v) is 12.9. The fourth-order valence-corrected chi connectivity index (χ4v) is 2.61. The van der Waals surface area contributed by atoms with Crippen molar-refractivity contribution in [1.82, 2.24) is 4.90 Å². The highest BCUT2D eigenvalue weighted by Crippen LogP contribution is 2.22. The molecule has 4 heteroatoms. The first-order chi connectivity index (χ1) is 7.29. The van der Waals surface area contributed by atoms with E-state index in [0.29, 0.717) is 0 Å². The monoisotopic (exact) mass is 304 g/mol. The third kappa shape index (κ3) is 4.53. The Morgan fingerprint density at radius 2 is 2.12 bits per heavy atom. The van der Waals surface area contributed by atoms with Crippen molar-refractivity contribution in [2.75, 3.05) is 13.6 Å². The largest absolute Gasteiger partial charge is 0.326 e. The van der Waals surface area contributed by atoms with Crippen LogP contribution < -0.4 is 5.73 Å². The SMILES string of the molecule is CN(Cc1csc(Br)c1)CC(N)C(C)(C)C. The molecular weight excluding hydrogens is 284 g/mol. The Bertz CT molecular complexity index is 330. The predicted octanol–water partition coefficient (Wildman–Crippen LogP) is 3.32. The Hall–Kier alpha value is 0.1000. The maximum Gasteiger partial charge on any atom is 0.0701 e. The molecule has 0 saturated heterocycles. The van der Waals surface area contributed by atoms with Crippen LogP contribution >= 0.6 is 27.3 Å². The second kappa shape index (κ2) is 5.63. The van der Waals surface area contributed by atoms with E-state index in [1.165, 1.54) is 9.35 Å². The molecule has 0 aliphatic carbocycles. The molecule has 1 atom stereocenters. The predicted molar refractivity (Wildman–Crippen MR) is 75.8 cm³/mol. The van der Waals surface area contributed by atoms with Crippen LogP contribution in [-0.4, -0.2) is 24.5 Å². The maximum atomic E-state index is 6.16. The van der Waals surface area contributed by atoms with E-state index in [4.69, 9.17) is 5.73 Å². The van der Waals surface area contributed by atoms with Crippen molar-refractivity contribution in [1.29, 1.82) is 0 Å². The number of hydrogen-bond acceptors (Lipinski definition) is 3. The van der Waals surface area contributed by atoms with Gasteiger partial charge in [-0.05, 0) is 45.4 Å². The number of rotatable bonds is 4. The van der Waals surface area contributed by atoms with Crippen LogP contribution in [0.1, 0.15) is 26.3 Å². The van der Waals surface area contributed by atoms with Gasteiger partial charge in [-0.3, -0.25) is 0 Å². The van der Waals surface area contributed by atoms with Crippen LogP contribution in [0.5, 0.6) is 0 Å². The molecule has 1 rings (SSSR count). The minimum atomic E-state index is 0.170. The van der Waals surface area contributed by atoms with Crippen molar-refractivity contribution < 1.29 is 0 Å². The lowest BCUT2D eigenvalue weighted by atomic mass is 9.87. The number of hydrogen-bond donors (Lipinski definition) is 1. The van der Waals surface area contributed by atoms with E-state index in [1.54, 1.807) is 11.3 Å². The van der Waals surface area contributed by atoms with Gasteiger partial charge in [-0.1, -0.05) is 20.8 Å². The standard InChI is InChI=1S/C12H21BrN2S/c1-12(2,3)10(14)7-15(4)6-9-5-11(13)16-8-9/h5,8,10H,6-7,14H2,1-4H3. The van der Waals surface area contributed by atoms with Crippen molar-refractivity contribution in [2.24, 2.45) is 11.1 Å². The molecule has 2 nitrogen and oxygen atoms in total. The maximum absolute atomic E-state index is 6.16. The lowest BCUT2D eigenvalue weighted by molar-refractivity contribution is 0.222. The van der Waals surface area contributed by atoms with E-state index >= 15 is 0 Å². The summed E-state index contributed by atoms with van der Waals surface area (Å²) in [5.41, 5.74) is 7.68. The minimum Gasteiger partial charge on any atom is -0.326 e. The number of thiophene rings is 1. The number of likely N-dealkylation sites (N-methyl/N-ethyl adjacent to an activating group) is 1. The Morgan fingerprint density at radius 3 is 2.56 bits per heavy atom. The van der Waals surface area contributed by atoms with Crippen molar-refractivity contribution >= 4 is 27.3 Å². The first-order valence-electron chi connectivity index (χ1n) is 5.46. The van der Waals surface area contributed by atoms with Gasteiger partial charge in [-0.15, -0.1) is 11.3 Å². The average Bonchev–Trinajstić information content (AvgIpc) is 2.49. The van der Waals surface area contributed by atoms with Gasteiger partial charge in [0.05, 0.1) is 3.79 Å². The normalized spacial score (nSPS) is 14.4. The molecule has 0 aliphatic heterocycles. The molecule has 1 aromatic heterocycles. The summed E-state index contributed by atoms with van der Waals surface area (Å²) in [5, 5.41) is 2.18. The molecule has 0 saturated carbocycles. The van der Waals surface area contributed by atoms with Gasteiger partial charge in [0.15, 0.2) is 0 Å². The molecule has 0 aromatic carbocycles. The van der Waals surface area contributed by atoms with Crippen molar-refractivity contribution in [3.63, 3.8) is 0 Å². The fourth-order valence-electron chi connectivity index (χ4n) is 1.41. The van der Waals surface area contributed by atoms with Gasteiger partial charge < -0.3 is 10.6 Å². The molecule has 0 amide bonds. The Balaban J connectivity index is 2.45. The van der Waals surface area contributed by atoms with Crippen LogP contribution in [0.25, 0.3) is 0 Å². The fraction of sp³-hybridized carbons (Fsp3) is 0.667. The van der Waals surface area contributed by atoms with Crippen LogP contribution in [0, 0.1) is 5.41 Å². The summed E-state index contributed by atoms with van der Waals surface area (Å²) in [6.07, 6.45) is 0. The van der Waals surface area contributed by atoms with Gasteiger partial charge in [0, 0.05) is 19.1 Å². The number of nitrogens with zero attached hydrogens (tertiary/aromatic N) is 1. The summed E-state index contributed by atoms with van der Waals surface area (Å²) < 4.78 is 1.19. The highest BCUT2D eigenvalue weighted by Gasteiger charge is 2.21. The Morgan fingerprint density at radius 1 is 1.50 bits per heavy atom. The van der Waals surface area contributed by atoms with Gasteiger partial charge in [-0.2, -0.15) is 0 Å². The minimum absolute atomic E-state index is 0.170. The first-order valence-corrected chi connectivity index (χ1v) is 7.13. The molecule has 1 aromatic rings. The van der Waals surface area contributed by atoms with Gasteiger partial charge >= 0.3 is 0 Å². The summed E-state index contributed by atoms with van der Waals surface area (Å²) in [6.45, 7) is 8.45. The summed E-state index contributed by atoms with van der Waals surface area (Å²) in [7, 11) is 2.12. The summed E-state index contributed by atoms with van der Waals surface area (Å²) in [5.74, 6) is 0. The summed E-state index contributed by atoms with van der Waals surface area (Å²) in [4.78, 5) is 2.28. The van der Waals surface area contributed by atoms with Crippen molar-refractivity contribution in [2.45, 2.75) is 33.4 Å². The summed E-state index contributed by atoms with van der Waals surface area (Å²) >= 11 is 5.21. The third-order valence-corrected chi connectivity index (χ3v) is 4.25. The molecule has 0 aliphatic rings. The summed E-state index contributed by atoms with van der Waals surface area (Å²) in [6, 6.07) is 2.38. The smallest absolute Gasteiger partial charge is 0.0701 e. The van der Waals surface area contributed by atoms with Crippen molar-refractivity contribution in [3.8, 4) is 0 Å². The molecule has 2 N–H and O–H groups in total. The van der Waals surface area contributed by atoms with E-state index < -0.39 is 0 Å². The number of nitrogens with two attached hydrogens (primary N) is 1. The van der Waals surface area contributed by atoms with E-state index in [0.717, 1.165) is 13.1 Å². The molecule has 1 unspecified atom stereocenters. The van der Waals surface area contributed by atoms with Crippen LogP contribution in [0.2, 0.25) is 0 Å². The highest BCUT2D eigenvalue weighted by molar-refractivity contribution is 9.11. The van der Waals surface area contributed by atoms with E-state index in [-0.39, 0.29) is 11.5 Å². The highest BCUT2D eigenvalue weighted by atomic mass is 79.9. The molecule has 1 heterocycles. The second-order valence-electron chi connectivity index (χ2n) is 5.43. The number of halogens is 1. The Kier molecular flexibility index (Phi) is 4.98. The van der Waals surface area contributed by atoms with Crippen LogP contribution in [0.4, 0.5) is 0 Å². The van der Waals surface area contributed by atoms with E-state index in [1.807, 2.05) is 0 Å². The molecule has 0 bridgehead atoms. The lowest BCUT2D eigenvalue weighted by Gasteiger charge is -2.30. The molecule has 0 radical (unpaired) electrons. The first kappa shape index (κ1) is 14.2. The quantitative estimate of drug-likeness (QED) is 0.924. The molecule has 92 valence electrons. The van der Waals surface area contributed by atoms with Crippen molar-refractivity contribution in [3.05, 3.63) is 20.8 Å². The zero-order chi connectivity index (χ0) is 12.3. The van der Waals surface area contributed by atoms with E-state index in [2.05, 4.69) is 60.1 Å². The lowest BCUT2D eigenvalue weighted by Crippen LogP contribution is -2.43.